The maximum atomic E-state index is 3.62. The van der Waals surface area contributed by atoms with Crippen molar-refractivity contribution in [1.29, 1.82) is 0 Å². The van der Waals surface area contributed by atoms with Crippen molar-refractivity contribution >= 4 is 15.9 Å². The second-order valence-corrected chi connectivity index (χ2v) is 6.05. The number of rotatable bonds is 6. The third-order valence-corrected chi connectivity index (χ3v) is 4.12. The maximum absolute atomic E-state index is 3.62. The molecule has 1 N–H and O–H groups in total. The van der Waals surface area contributed by atoms with Gasteiger partial charge in [0.1, 0.15) is 0 Å². The average Bonchev–Trinajstić information content (AvgIpc) is 2.47. The number of nitrogens with one attached hydrogen (secondary N) is 1. The number of aryl methyl sites for hydroxylation is 2. The monoisotopic (exact) mass is 331 g/mol. The molecule has 0 aliphatic heterocycles. The molecule has 2 rings (SSSR count). The van der Waals surface area contributed by atoms with Gasteiger partial charge in [0.25, 0.3) is 0 Å². The lowest BCUT2D eigenvalue weighted by molar-refractivity contribution is 0.513. The summed E-state index contributed by atoms with van der Waals surface area (Å²) in [5, 5.41) is 3.62. The summed E-state index contributed by atoms with van der Waals surface area (Å²) in [5.41, 5.74) is 4.16. The van der Waals surface area contributed by atoms with Crippen molar-refractivity contribution in [2.45, 2.75) is 32.7 Å². The zero-order valence-corrected chi connectivity index (χ0v) is 13.8. The molecule has 0 saturated heterocycles. The predicted octanol–water partition coefficient (Wildman–Crippen LogP) is 5.04. The van der Waals surface area contributed by atoms with Gasteiger partial charge in [0.15, 0.2) is 0 Å². The fourth-order valence-corrected chi connectivity index (χ4v) is 2.94. The Morgan fingerprint density at radius 1 is 1.10 bits per heavy atom. The van der Waals surface area contributed by atoms with E-state index < -0.39 is 0 Å². The van der Waals surface area contributed by atoms with E-state index in [1.54, 1.807) is 0 Å². The number of hydrogen-bond donors (Lipinski definition) is 1. The van der Waals surface area contributed by atoms with Crippen LogP contribution in [0.2, 0.25) is 0 Å². The Kier molecular flexibility index (Phi) is 5.81. The second-order valence-electron chi connectivity index (χ2n) is 5.14. The molecule has 2 aromatic carbocycles. The molecule has 0 saturated carbocycles. The van der Waals surface area contributed by atoms with Crippen molar-refractivity contribution in [1.82, 2.24) is 5.32 Å². The molecule has 0 amide bonds. The molecule has 2 heteroatoms. The molecule has 0 bridgehead atoms. The predicted molar refractivity (Wildman–Crippen MR) is 90.1 cm³/mol. The van der Waals surface area contributed by atoms with Crippen LogP contribution in [-0.2, 0) is 6.42 Å². The minimum absolute atomic E-state index is 0.415. The first-order valence-corrected chi connectivity index (χ1v) is 8.03. The molecule has 2 aromatic rings. The topological polar surface area (TPSA) is 12.0 Å². The molecule has 106 valence electrons. The van der Waals surface area contributed by atoms with Crippen LogP contribution in [0.15, 0.2) is 53.0 Å². The standard InChI is InChI=1S/C18H22BrN/c1-3-20-18(12-10-15-7-5-4-6-8-15)17-13-16(19)11-9-14(17)2/h4-9,11,13,18,20H,3,10,12H2,1-2H3. The zero-order valence-electron chi connectivity index (χ0n) is 12.2. The quantitative estimate of drug-likeness (QED) is 0.781. The van der Waals surface area contributed by atoms with Crippen molar-refractivity contribution < 1.29 is 0 Å². The first kappa shape index (κ1) is 15.3. The average molecular weight is 332 g/mol. The SMILES string of the molecule is CCNC(CCc1ccccc1)c1cc(Br)ccc1C. The summed E-state index contributed by atoms with van der Waals surface area (Å²) in [4.78, 5) is 0. The van der Waals surface area contributed by atoms with Crippen LogP contribution in [0.5, 0.6) is 0 Å². The number of hydrogen-bond acceptors (Lipinski definition) is 1. The lowest BCUT2D eigenvalue weighted by Crippen LogP contribution is -2.22. The molecule has 20 heavy (non-hydrogen) atoms. The van der Waals surface area contributed by atoms with E-state index in [0.717, 1.165) is 23.9 Å². The van der Waals surface area contributed by atoms with Gasteiger partial charge in [-0.1, -0.05) is 59.3 Å². The van der Waals surface area contributed by atoms with Gasteiger partial charge in [0.2, 0.25) is 0 Å². The third kappa shape index (κ3) is 4.19. The van der Waals surface area contributed by atoms with Crippen LogP contribution in [0.25, 0.3) is 0 Å². The van der Waals surface area contributed by atoms with Gasteiger partial charge in [0.05, 0.1) is 0 Å². The highest BCUT2D eigenvalue weighted by Crippen LogP contribution is 2.25. The lowest BCUT2D eigenvalue weighted by atomic mass is 9.95. The van der Waals surface area contributed by atoms with Gasteiger partial charge in [-0.3, -0.25) is 0 Å². The zero-order chi connectivity index (χ0) is 14.4. The minimum atomic E-state index is 0.415. The van der Waals surface area contributed by atoms with E-state index in [2.05, 4.69) is 83.6 Å². The first-order valence-electron chi connectivity index (χ1n) is 7.24. The molecule has 0 aliphatic carbocycles. The first-order chi connectivity index (χ1) is 9.70. The van der Waals surface area contributed by atoms with E-state index >= 15 is 0 Å². The van der Waals surface area contributed by atoms with E-state index in [4.69, 9.17) is 0 Å². The Hall–Kier alpha value is -1.12. The van der Waals surface area contributed by atoms with Crippen molar-refractivity contribution in [3.05, 3.63) is 69.7 Å². The van der Waals surface area contributed by atoms with Crippen LogP contribution in [0.3, 0.4) is 0 Å². The summed E-state index contributed by atoms with van der Waals surface area (Å²) in [7, 11) is 0. The summed E-state index contributed by atoms with van der Waals surface area (Å²) in [5.74, 6) is 0. The Balaban J connectivity index is 2.12. The molecular formula is C18H22BrN. The Morgan fingerprint density at radius 2 is 1.85 bits per heavy atom. The summed E-state index contributed by atoms with van der Waals surface area (Å²) < 4.78 is 1.15. The van der Waals surface area contributed by atoms with Gasteiger partial charge < -0.3 is 5.32 Å². The van der Waals surface area contributed by atoms with Crippen LogP contribution in [0, 0.1) is 6.92 Å². The van der Waals surface area contributed by atoms with Gasteiger partial charge in [-0.25, -0.2) is 0 Å². The molecule has 1 unspecified atom stereocenters. The molecule has 0 aliphatic rings. The Bertz CT molecular complexity index is 536. The van der Waals surface area contributed by atoms with Crippen LogP contribution in [0.4, 0.5) is 0 Å². The van der Waals surface area contributed by atoms with Gasteiger partial charge in [0, 0.05) is 10.5 Å². The van der Waals surface area contributed by atoms with E-state index in [1.165, 1.54) is 16.7 Å². The van der Waals surface area contributed by atoms with Crippen LogP contribution >= 0.6 is 15.9 Å². The van der Waals surface area contributed by atoms with Gasteiger partial charge in [-0.05, 0) is 55.1 Å². The van der Waals surface area contributed by atoms with Crippen LogP contribution < -0.4 is 5.32 Å². The Morgan fingerprint density at radius 3 is 2.55 bits per heavy atom. The highest BCUT2D eigenvalue weighted by molar-refractivity contribution is 9.10. The third-order valence-electron chi connectivity index (χ3n) is 3.63. The van der Waals surface area contributed by atoms with Crippen molar-refractivity contribution in [2.24, 2.45) is 0 Å². The molecule has 0 heterocycles. The molecule has 0 aromatic heterocycles. The maximum Gasteiger partial charge on any atom is 0.0326 e. The molecule has 1 atom stereocenters. The Labute approximate surface area is 130 Å². The summed E-state index contributed by atoms with van der Waals surface area (Å²) in [6.07, 6.45) is 2.22. The minimum Gasteiger partial charge on any atom is -0.310 e. The normalized spacial score (nSPS) is 12.3. The van der Waals surface area contributed by atoms with E-state index in [-0.39, 0.29) is 0 Å². The number of halogens is 1. The number of benzene rings is 2. The summed E-state index contributed by atoms with van der Waals surface area (Å²) >= 11 is 3.58. The molecule has 1 nitrogen and oxygen atoms in total. The fraction of sp³-hybridized carbons (Fsp3) is 0.333. The summed E-state index contributed by atoms with van der Waals surface area (Å²) in [6.45, 7) is 5.35. The van der Waals surface area contributed by atoms with Gasteiger partial charge >= 0.3 is 0 Å². The van der Waals surface area contributed by atoms with Crippen molar-refractivity contribution in [3.8, 4) is 0 Å². The fourth-order valence-electron chi connectivity index (χ4n) is 2.56. The van der Waals surface area contributed by atoms with Crippen LogP contribution in [0.1, 0.15) is 36.1 Å². The van der Waals surface area contributed by atoms with Crippen molar-refractivity contribution in [3.63, 3.8) is 0 Å². The second kappa shape index (κ2) is 7.61. The molecule has 0 fully saturated rings. The van der Waals surface area contributed by atoms with Crippen LogP contribution in [-0.4, -0.2) is 6.54 Å². The lowest BCUT2D eigenvalue weighted by Gasteiger charge is -2.21. The van der Waals surface area contributed by atoms with Crippen molar-refractivity contribution in [2.75, 3.05) is 6.54 Å². The summed E-state index contributed by atoms with van der Waals surface area (Å²) in [6, 6.07) is 17.7. The molecule has 0 radical (unpaired) electrons. The molecular weight excluding hydrogens is 310 g/mol. The van der Waals surface area contributed by atoms with E-state index in [1.807, 2.05) is 0 Å². The molecule has 0 spiro atoms. The van der Waals surface area contributed by atoms with E-state index in [9.17, 15) is 0 Å². The highest BCUT2D eigenvalue weighted by atomic mass is 79.9. The van der Waals surface area contributed by atoms with Gasteiger partial charge in [-0.2, -0.15) is 0 Å². The van der Waals surface area contributed by atoms with Gasteiger partial charge in [-0.15, -0.1) is 0 Å². The largest absolute Gasteiger partial charge is 0.310 e. The highest BCUT2D eigenvalue weighted by Gasteiger charge is 2.13. The van der Waals surface area contributed by atoms with E-state index in [0.29, 0.717) is 6.04 Å². The smallest absolute Gasteiger partial charge is 0.0326 e.